The molecule has 67 heavy (non-hydrogen) atoms. The van der Waals surface area contributed by atoms with E-state index in [1.807, 2.05) is 0 Å². The van der Waals surface area contributed by atoms with Gasteiger partial charge in [-0.1, -0.05) is 288 Å². The Morgan fingerprint density at radius 3 is 0.866 bits per heavy atom. The molecule has 0 saturated carbocycles. The molecule has 0 heterocycles. The molecule has 0 aromatic rings. The summed E-state index contributed by atoms with van der Waals surface area (Å²) in [7, 11) is 0. The summed E-state index contributed by atoms with van der Waals surface area (Å²) in [5.41, 5.74) is 0. The van der Waals surface area contributed by atoms with E-state index in [-0.39, 0.29) is 31.1 Å². The van der Waals surface area contributed by atoms with Gasteiger partial charge in [-0.25, -0.2) is 0 Å². The molecule has 0 N–H and O–H groups in total. The van der Waals surface area contributed by atoms with E-state index < -0.39 is 6.10 Å². The standard InChI is InChI=1S/C61H110O6/c1-4-7-10-13-16-19-22-25-27-29-31-33-36-39-42-45-48-51-54-60(63)66-57-58(56-65-59(62)53-50-47-44-41-38-35-24-21-18-15-12-9-6-3)67-61(64)55-52-49-46-43-40-37-34-32-30-28-26-23-20-17-14-11-8-5-2/h16,19,22,25,27,29,31,33,58H,4-15,17-18,20-21,23-24,26,28,30,32,34-57H2,1-3H3/b19-16-,25-22-,29-27-,33-31-. The molecule has 0 aromatic heterocycles. The minimum absolute atomic E-state index is 0.0765. The van der Waals surface area contributed by atoms with Crippen molar-refractivity contribution in [2.75, 3.05) is 13.2 Å². The minimum Gasteiger partial charge on any atom is -0.462 e. The average Bonchev–Trinajstić information content (AvgIpc) is 3.33. The Balaban J connectivity index is 4.38. The molecular weight excluding hydrogens is 829 g/mol. The van der Waals surface area contributed by atoms with E-state index in [1.54, 1.807) is 0 Å². The van der Waals surface area contributed by atoms with Crippen LogP contribution >= 0.6 is 0 Å². The number of carbonyl (C=O) groups is 3. The van der Waals surface area contributed by atoms with Crippen LogP contribution in [0, 0.1) is 0 Å². The molecule has 1 atom stereocenters. The monoisotopic (exact) mass is 939 g/mol. The first-order chi connectivity index (χ1) is 33.0. The third-order valence-electron chi connectivity index (χ3n) is 12.9. The van der Waals surface area contributed by atoms with E-state index in [4.69, 9.17) is 14.2 Å². The van der Waals surface area contributed by atoms with E-state index in [0.717, 1.165) is 83.5 Å². The van der Waals surface area contributed by atoms with Gasteiger partial charge in [0.1, 0.15) is 13.2 Å². The zero-order valence-electron chi connectivity index (χ0n) is 44.7. The van der Waals surface area contributed by atoms with Gasteiger partial charge in [-0.3, -0.25) is 14.4 Å². The lowest BCUT2D eigenvalue weighted by Gasteiger charge is -2.18. The maximum Gasteiger partial charge on any atom is 0.306 e. The molecule has 0 fully saturated rings. The first-order valence-corrected chi connectivity index (χ1v) is 29.2. The number of carbonyl (C=O) groups excluding carboxylic acids is 3. The van der Waals surface area contributed by atoms with Gasteiger partial charge in [0, 0.05) is 19.3 Å². The molecular formula is C61H110O6. The molecule has 0 bridgehead atoms. The lowest BCUT2D eigenvalue weighted by molar-refractivity contribution is -0.167. The highest BCUT2D eigenvalue weighted by Gasteiger charge is 2.19. The summed E-state index contributed by atoms with van der Waals surface area (Å²) in [6, 6.07) is 0. The summed E-state index contributed by atoms with van der Waals surface area (Å²) in [6.45, 7) is 6.62. The van der Waals surface area contributed by atoms with Crippen molar-refractivity contribution in [3.05, 3.63) is 48.6 Å². The largest absolute Gasteiger partial charge is 0.462 e. The van der Waals surface area contributed by atoms with Gasteiger partial charge >= 0.3 is 17.9 Å². The van der Waals surface area contributed by atoms with Gasteiger partial charge in [0.2, 0.25) is 0 Å². The predicted octanol–water partition coefficient (Wildman–Crippen LogP) is 19.4. The fraction of sp³-hybridized carbons (Fsp3) is 0.820. The van der Waals surface area contributed by atoms with Crippen molar-refractivity contribution in [1.82, 2.24) is 0 Å². The topological polar surface area (TPSA) is 78.9 Å². The van der Waals surface area contributed by atoms with Crippen LogP contribution in [0.15, 0.2) is 48.6 Å². The summed E-state index contributed by atoms with van der Waals surface area (Å²) in [4.78, 5) is 38.1. The lowest BCUT2D eigenvalue weighted by Crippen LogP contribution is -2.30. The predicted molar refractivity (Wildman–Crippen MR) is 289 cm³/mol. The van der Waals surface area contributed by atoms with Gasteiger partial charge in [0.05, 0.1) is 0 Å². The maximum absolute atomic E-state index is 12.9. The van der Waals surface area contributed by atoms with Crippen LogP contribution in [0.4, 0.5) is 0 Å². The number of ether oxygens (including phenoxy) is 3. The SMILES string of the molecule is CCCCC\C=C/C=C\C=C/C=C\CCCCCCCC(=O)OCC(COC(=O)CCCCCCCCCCCCCCC)OC(=O)CCCCCCCCCCCCCCCCCCCC. The van der Waals surface area contributed by atoms with Crippen molar-refractivity contribution in [2.45, 2.75) is 309 Å². The van der Waals surface area contributed by atoms with Crippen molar-refractivity contribution in [3.8, 4) is 0 Å². The van der Waals surface area contributed by atoms with Gasteiger partial charge in [-0.15, -0.1) is 0 Å². The van der Waals surface area contributed by atoms with Crippen molar-refractivity contribution in [1.29, 1.82) is 0 Å². The molecule has 0 aliphatic carbocycles. The number of unbranched alkanes of at least 4 members (excludes halogenated alkanes) is 37. The zero-order chi connectivity index (χ0) is 48.6. The van der Waals surface area contributed by atoms with Gasteiger partial charge in [-0.05, 0) is 44.9 Å². The number of hydrogen-bond donors (Lipinski definition) is 0. The number of allylic oxidation sites excluding steroid dienone is 8. The third-order valence-corrected chi connectivity index (χ3v) is 12.9. The van der Waals surface area contributed by atoms with E-state index in [0.29, 0.717) is 19.3 Å². The fourth-order valence-corrected chi connectivity index (χ4v) is 8.52. The number of rotatable bonds is 53. The van der Waals surface area contributed by atoms with E-state index >= 15 is 0 Å². The molecule has 390 valence electrons. The Kier molecular flexibility index (Phi) is 53.8. The van der Waals surface area contributed by atoms with Gasteiger partial charge in [0.25, 0.3) is 0 Å². The molecule has 6 nitrogen and oxygen atoms in total. The summed E-state index contributed by atoms with van der Waals surface area (Å²) in [5, 5.41) is 0. The van der Waals surface area contributed by atoms with Crippen LogP contribution in [0.25, 0.3) is 0 Å². The number of hydrogen-bond acceptors (Lipinski definition) is 6. The fourth-order valence-electron chi connectivity index (χ4n) is 8.52. The first-order valence-electron chi connectivity index (χ1n) is 29.2. The van der Waals surface area contributed by atoms with Crippen LogP contribution in [0.1, 0.15) is 303 Å². The van der Waals surface area contributed by atoms with Crippen molar-refractivity contribution in [3.63, 3.8) is 0 Å². The molecule has 0 saturated heterocycles. The quantitative estimate of drug-likeness (QED) is 0.0262. The maximum atomic E-state index is 12.9. The highest BCUT2D eigenvalue weighted by Crippen LogP contribution is 2.17. The highest BCUT2D eigenvalue weighted by molar-refractivity contribution is 5.71. The Bertz CT molecular complexity index is 1170. The Morgan fingerprint density at radius 2 is 0.537 bits per heavy atom. The molecule has 0 rings (SSSR count). The van der Waals surface area contributed by atoms with Crippen LogP contribution in [0.3, 0.4) is 0 Å². The molecule has 1 unspecified atom stereocenters. The lowest BCUT2D eigenvalue weighted by atomic mass is 10.0. The van der Waals surface area contributed by atoms with Crippen LogP contribution < -0.4 is 0 Å². The van der Waals surface area contributed by atoms with E-state index in [9.17, 15) is 14.4 Å². The smallest absolute Gasteiger partial charge is 0.306 e. The number of esters is 3. The van der Waals surface area contributed by atoms with Crippen LogP contribution in [-0.4, -0.2) is 37.2 Å². The van der Waals surface area contributed by atoms with E-state index in [1.165, 1.54) is 180 Å². The minimum atomic E-state index is -0.779. The van der Waals surface area contributed by atoms with Crippen LogP contribution in [-0.2, 0) is 28.6 Å². The van der Waals surface area contributed by atoms with Crippen molar-refractivity contribution in [2.24, 2.45) is 0 Å². The second-order valence-corrected chi connectivity index (χ2v) is 19.7. The van der Waals surface area contributed by atoms with Crippen molar-refractivity contribution >= 4 is 17.9 Å². The summed E-state index contributed by atoms with van der Waals surface area (Å²) < 4.78 is 16.9. The Morgan fingerprint density at radius 1 is 0.299 bits per heavy atom. The molecule has 0 amide bonds. The zero-order valence-corrected chi connectivity index (χ0v) is 44.7. The molecule has 0 aliphatic heterocycles. The highest BCUT2D eigenvalue weighted by atomic mass is 16.6. The summed E-state index contributed by atoms with van der Waals surface area (Å²) >= 11 is 0. The molecule has 0 spiro atoms. The second kappa shape index (κ2) is 56.0. The Hall–Kier alpha value is -2.63. The third kappa shape index (κ3) is 54.2. The molecule has 6 heteroatoms. The van der Waals surface area contributed by atoms with E-state index in [2.05, 4.69) is 69.4 Å². The van der Waals surface area contributed by atoms with Crippen LogP contribution in [0.5, 0.6) is 0 Å². The first kappa shape index (κ1) is 64.4. The molecule has 0 radical (unpaired) electrons. The van der Waals surface area contributed by atoms with Gasteiger partial charge < -0.3 is 14.2 Å². The molecule has 0 aromatic carbocycles. The summed E-state index contributed by atoms with van der Waals surface area (Å²) in [6.07, 6.45) is 68.1. The van der Waals surface area contributed by atoms with Gasteiger partial charge in [0.15, 0.2) is 6.10 Å². The normalized spacial score (nSPS) is 12.3. The molecule has 0 aliphatic rings. The van der Waals surface area contributed by atoms with Crippen molar-refractivity contribution < 1.29 is 28.6 Å². The van der Waals surface area contributed by atoms with Gasteiger partial charge in [-0.2, -0.15) is 0 Å². The summed E-state index contributed by atoms with van der Waals surface area (Å²) in [5.74, 6) is -0.883. The Labute approximate surface area is 416 Å². The second-order valence-electron chi connectivity index (χ2n) is 19.7. The average molecular weight is 940 g/mol. The van der Waals surface area contributed by atoms with Crippen LogP contribution in [0.2, 0.25) is 0 Å².